The van der Waals surface area contributed by atoms with Gasteiger partial charge in [0.2, 0.25) is 0 Å². The number of amides is 1. The Balaban J connectivity index is 2.12. The molecule has 2 rings (SSSR count). The lowest BCUT2D eigenvalue weighted by Gasteiger charge is -2.35. The van der Waals surface area contributed by atoms with E-state index < -0.39 is 0 Å². The predicted molar refractivity (Wildman–Crippen MR) is 78.2 cm³/mol. The first kappa shape index (κ1) is 14.0. The zero-order chi connectivity index (χ0) is 14.0. The highest BCUT2D eigenvalue weighted by atomic mass is 32.1. The van der Waals surface area contributed by atoms with Gasteiger partial charge in [-0.2, -0.15) is 0 Å². The van der Waals surface area contributed by atoms with Crippen molar-refractivity contribution >= 4 is 23.1 Å². The topological polar surface area (TPSA) is 55.6 Å². The summed E-state index contributed by atoms with van der Waals surface area (Å²) >= 11 is 4.89. The third-order valence-corrected chi connectivity index (χ3v) is 3.36. The van der Waals surface area contributed by atoms with E-state index in [0.29, 0.717) is 23.6 Å². The number of hydrogen-bond acceptors (Lipinski definition) is 3. The molecule has 5 heteroatoms. The highest BCUT2D eigenvalue weighted by Crippen LogP contribution is 2.15. The summed E-state index contributed by atoms with van der Waals surface area (Å²) in [6, 6.07) is 7.09. The van der Waals surface area contributed by atoms with E-state index in [1.54, 1.807) is 24.3 Å². The Bertz CT molecular complexity index is 477. The molecule has 1 amide bonds. The first-order chi connectivity index (χ1) is 8.97. The van der Waals surface area contributed by atoms with Crippen molar-refractivity contribution in [3.63, 3.8) is 0 Å². The highest BCUT2D eigenvalue weighted by Gasteiger charge is 2.26. The summed E-state index contributed by atoms with van der Waals surface area (Å²) in [4.78, 5) is 14.5. The van der Waals surface area contributed by atoms with E-state index in [4.69, 9.17) is 22.7 Å². The molecule has 0 unspecified atom stereocenters. The summed E-state index contributed by atoms with van der Waals surface area (Å²) in [6.45, 7) is 5.21. The molecular weight excluding hydrogens is 260 g/mol. The fraction of sp³-hybridized carbons (Fsp3) is 0.429. The molecule has 4 nitrogen and oxygen atoms in total. The fourth-order valence-corrected chi connectivity index (χ4v) is 2.44. The molecule has 1 fully saturated rings. The van der Waals surface area contributed by atoms with Crippen LogP contribution in [-0.2, 0) is 4.74 Å². The van der Waals surface area contributed by atoms with E-state index in [9.17, 15) is 4.79 Å². The Labute approximate surface area is 118 Å². The SMILES string of the molecule is C[C@@H]1CN(C(=O)c2ccc(C(N)=S)cc2)C[C@H](C)O1. The lowest BCUT2D eigenvalue weighted by Crippen LogP contribution is -2.48. The highest BCUT2D eigenvalue weighted by molar-refractivity contribution is 7.80. The summed E-state index contributed by atoms with van der Waals surface area (Å²) in [5.41, 5.74) is 6.97. The van der Waals surface area contributed by atoms with Gasteiger partial charge < -0.3 is 15.4 Å². The molecule has 2 atom stereocenters. The van der Waals surface area contributed by atoms with E-state index in [1.165, 1.54) is 0 Å². The van der Waals surface area contributed by atoms with Gasteiger partial charge in [0.05, 0.1) is 12.2 Å². The van der Waals surface area contributed by atoms with Gasteiger partial charge in [0.25, 0.3) is 5.91 Å². The molecule has 0 radical (unpaired) electrons. The maximum atomic E-state index is 12.4. The molecule has 0 aliphatic carbocycles. The Morgan fingerprint density at radius 1 is 1.21 bits per heavy atom. The van der Waals surface area contributed by atoms with Crippen LogP contribution in [-0.4, -0.2) is 41.1 Å². The van der Waals surface area contributed by atoms with Gasteiger partial charge in [0.15, 0.2) is 0 Å². The molecule has 0 aromatic heterocycles. The normalized spacial score (nSPS) is 23.2. The van der Waals surface area contributed by atoms with Crippen LogP contribution in [0, 0.1) is 0 Å². The lowest BCUT2D eigenvalue weighted by molar-refractivity contribution is -0.0586. The second kappa shape index (κ2) is 5.67. The van der Waals surface area contributed by atoms with Gasteiger partial charge in [-0.1, -0.05) is 24.4 Å². The third-order valence-electron chi connectivity index (χ3n) is 3.12. The third kappa shape index (κ3) is 3.30. The van der Waals surface area contributed by atoms with Crippen LogP contribution in [0.1, 0.15) is 29.8 Å². The van der Waals surface area contributed by atoms with Crippen LogP contribution in [0.15, 0.2) is 24.3 Å². The standard InChI is InChI=1S/C14H18N2O2S/c1-9-7-16(8-10(2)18-9)14(17)12-5-3-11(4-6-12)13(15)19/h3-6,9-10H,7-8H2,1-2H3,(H2,15,19)/t9-,10+. The molecule has 1 aliphatic rings. The van der Waals surface area contributed by atoms with Crippen molar-refractivity contribution in [1.29, 1.82) is 0 Å². The average Bonchev–Trinajstić information content (AvgIpc) is 2.37. The van der Waals surface area contributed by atoms with Crippen molar-refractivity contribution in [3.8, 4) is 0 Å². The summed E-state index contributed by atoms with van der Waals surface area (Å²) < 4.78 is 5.63. The van der Waals surface area contributed by atoms with Crippen LogP contribution < -0.4 is 5.73 Å². The molecule has 1 aromatic rings. The van der Waals surface area contributed by atoms with Gasteiger partial charge in [-0.05, 0) is 26.0 Å². The molecule has 1 aromatic carbocycles. The molecule has 0 saturated carbocycles. The molecule has 1 saturated heterocycles. The number of hydrogen-bond donors (Lipinski definition) is 1. The van der Waals surface area contributed by atoms with E-state index >= 15 is 0 Å². The van der Waals surface area contributed by atoms with Crippen LogP contribution in [0.5, 0.6) is 0 Å². The number of carbonyl (C=O) groups excluding carboxylic acids is 1. The molecule has 1 heterocycles. The minimum atomic E-state index is 0.0245. The zero-order valence-electron chi connectivity index (χ0n) is 11.1. The molecular formula is C14H18N2O2S. The summed E-state index contributed by atoms with van der Waals surface area (Å²) in [7, 11) is 0. The van der Waals surface area contributed by atoms with Crippen LogP contribution >= 0.6 is 12.2 Å². The summed E-state index contributed by atoms with van der Waals surface area (Å²) in [5, 5.41) is 0. The zero-order valence-corrected chi connectivity index (χ0v) is 11.9. The van der Waals surface area contributed by atoms with Gasteiger partial charge in [-0.3, -0.25) is 4.79 Å². The largest absolute Gasteiger partial charge is 0.389 e. The second-order valence-corrected chi connectivity index (χ2v) is 5.35. The number of morpholine rings is 1. The van der Waals surface area contributed by atoms with Gasteiger partial charge in [-0.25, -0.2) is 0 Å². The summed E-state index contributed by atoms with van der Waals surface area (Å²) in [6.07, 6.45) is 0.146. The van der Waals surface area contributed by atoms with Crippen LogP contribution in [0.25, 0.3) is 0 Å². The first-order valence-electron chi connectivity index (χ1n) is 6.32. The van der Waals surface area contributed by atoms with E-state index in [2.05, 4.69) is 0 Å². The van der Waals surface area contributed by atoms with Crippen LogP contribution in [0.3, 0.4) is 0 Å². The second-order valence-electron chi connectivity index (χ2n) is 4.91. The average molecular weight is 278 g/mol. The minimum absolute atomic E-state index is 0.0245. The van der Waals surface area contributed by atoms with Gasteiger partial charge in [0.1, 0.15) is 4.99 Å². The first-order valence-corrected chi connectivity index (χ1v) is 6.73. The Hall–Kier alpha value is -1.46. The van der Waals surface area contributed by atoms with E-state index in [0.717, 1.165) is 5.56 Å². The van der Waals surface area contributed by atoms with Crippen molar-refractivity contribution < 1.29 is 9.53 Å². The van der Waals surface area contributed by atoms with E-state index in [1.807, 2.05) is 18.7 Å². The van der Waals surface area contributed by atoms with Crippen molar-refractivity contribution in [3.05, 3.63) is 35.4 Å². The number of rotatable bonds is 2. The number of benzene rings is 1. The summed E-state index contributed by atoms with van der Waals surface area (Å²) in [5.74, 6) is 0.0245. The van der Waals surface area contributed by atoms with Gasteiger partial charge >= 0.3 is 0 Å². The molecule has 19 heavy (non-hydrogen) atoms. The Morgan fingerprint density at radius 3 is 2.16 bits per heavy atom. The molecule has 2 N–H and O–H groups in total. The van der Waals surface area contributed by atoms with Crippen LogP contribution in [0.4, 0.5) is 0 Å². The monoisotopic (exact) mass is 278 g/mol. The molecule has 102 valence electrons. The number of nitrogens with zero attached hydrogens (tertiary/aromatic N) is 1. The van der Waals surface area contributed by atoms with Crippen molar-refractivity contribution in [1.82, 2.24) is 4.90 Å². The van der Waals surface area contributed by atoms with Crippen molar-refractivity contribution in [2.75, 3.05) is 13.1 Å². The maximum absolute atomic E-state index is 12.4. The quantitative estimate of drug-likeness (QED) is 0.834. The smallest absolute Gasteiger partial charge is 0.254 e. The lowest BCUT2D eigenvalue weighted by atomic mass is 10.1. The van der Waals surface area contributed by atoms with Crippen molar-refractivity contribution in [2.24, 2.45) is 5.73 Å². The molecule has 0 spiro atoms. The van der Waals surface area contributed by atoms with Gasteiger partial charge in [0, 0.05) is 24.2 Å². The number of carbonyl (C=O) groups is 1. The molecule has 0 bridgehead atoms. The number of thiocarbonyl (C=S) groups is 1. The number of ether oxygens (including phenoxy) is 1. The number of nitrogens with two attached hydrogens (primary N) is 1. The maximum Gasteiger partial charge on any atom is 0.254 e. The molecule has 1 aliphatic heterocycles. The van der Waals surface area contributed by atoms with Crippen molar-refractivity contribution in [2.45, 2.75) is 26.1 Å². The Kier molecular flexibility index (Phi) is 4.17. The van der Waals surface area contributed by atoms with Crippen LogP contribution in [0.2, 0.25) is 0 Å². The predicted octanol–water partition coefficient (Wildman–Crippen LogP) is 1.57. The van der Waals surface area contributed by atoms with E-state index in [-0.39, 0.29) is 18.1 Å². The minimum Gasteiger partial charge on any atom is -0.389 e. The van der Waals surface area contributed by atoms with Gasteiger partial charge in [-0.15, -0.1) is 0 Å². The Morgan fingerprint density at radius 2 is 1.68 bits per heavy atom. The fourth-order valence-electron chi connectivity index (χ4n) is 2.30.